The average molecular weight is 382 g/mol. The highest BCUT2D eigenvalue weighted by atomic mass is 35.5. The summed E-state index contributed by atoms with van der Waals surface area (Å²) < 4.78 is 5.20. The van der Waals surface area contributed by atoms with Gasteiger partial charge in [-0.3, -0.25) is 9.69 Å². The molecule has 138 valence electrons. The molecular formula is C22H20ClNO3. The minimum Gasteiger partial charge on any atom is -0.462 e. The first-order chi connectivity index (χ1) is 12.9. The zero-order valence-electron chi connectivity index (χ0n) is 15.5. The molecule has 0 aromatic heterocycles. The molecule has 0 aliphatic carbocycles. The molecule has 0 saturated heterocycles. The van der Waals surface area contributed by atoms with Gasteiger partial charge in [-0.2, -0.15) is 0 Å². The van der Waals surface area contributed by atoms with Crippen LogP contribution in [-0.2, 0) is 14.3 Å². The smallest absolute Gasteiger partial charge is 0.340 e. The Balaban J connectivity index is 2.14. The van der Waals surface area contributed by atoms with E-state index in [-0.39, 0.29) is 23.7 Å². The fourth-order valence-electron chi connectivity index (χ4n) is 3.03. The van der Waals surface area contributed by atoms with Crippen LogP contribution in [0.1, 0.15) is 25.0 Å². The molecule has 4 nitrogen and oxygen atoms in total. The minimum atomic E-state index is -0.517. The Labute approximate surface area is 163 Å². The van der Waals surface area contributed by atoms with Crippen LogP contribution in [0.2, 0.25) is 5.02 Å². The Morgan fingerprint density at radius 3 is 2.41 bits per heavy atom. The van der Waals surface area contributed by atoms with E-state index in [1.54, 1.807) is 32.1 Å². The van der Waals surface area contributed by atoms with E-state index < -0.39 is 5.97 Å². The van der Waals surface area contributed by atoms with E-state index in [0.717, 1.165) is 5.56 Å². The molecule has 0 N–H and O–H groups in total. The lowest BCUT2D eigenvalue weighted by atomic mass is 10.0. The average Bonchev–Trinajstić information content (AvgIpc) is 2.88. The lowest BCUT2D eigenvalue weighted by Crippen LogP contribution is -2.24. The van der Waals surface area contributed by atoms with Crippen molar-refractivity contribution in [2.45, 2.75) is 20.8 Å². The molecule has 0 radical (unpaired) electrons. The third kappa shape index (κ3) is 3.67. The van der Waals surface area contributed by atoms with Crippen molar-refractivity contribution in [1.82, 2.24) is 0 Å². The molecule has 1 aliphatic heterocycles. The fourth-order valence-corrected chi connectivity index (χ4v) is 3.22. The second-order valence-corrected chi connectivity index (χ2v) is 6.64. The molecule has 0 bridgehead atoms. The molecule has 2 aromatic carbocycles. The number of hydrogen-bond acceptors (Lipinski definition) is 3. The molecule has 5 heteroatoms. The van der Waals surface area contributed by atoms with Crippen molar-refractivity contribution in [2.24, 2.45) is 0 Å². The maximum absolute atomic E-state index is 13.2. The van der Waals surface area contributed by atoms with Crippen LogP contribution >= 0.6 is 11.6 Å². The highest BCUT2D eigenvalue weighted by Crippen LogP contribution is 2.36. The topological polar surface area (TPSA) is 46.6 Å². The van der Waals surface area contributed by atoms with Crippen LogP contribution < -0.4 is 4.90 Å². The van der Waals surface area contributed by atoms with Crippen molar-refractivity contribution < 1.29 is 14.3 Å². The maximum atomic E-state index is 13.2. The second kappa shape index (κ2) is 7.80. The van der Waals surface area contributed by atoms with Gasteiger partial charge in [0, 0.05) is 16.4 Å². The molecule has 0 spiro atoms. The molecule has 3 rings (SSSR count). The van der Waals surface area contributed by atoms with E-state index in [1.807, 2.05) is 43.3 Å². The van der Waals surface area contributed by atoms with Crippen LogP contribution in [0.3, 0.4) is 0 Å². The summed E-state index contributed by atoms with van der Waals surface area (Å²) >= 11 is 6.24. The first kappa shape index (κ1) is 18.9. The third-order valence-corrected chi connectivity index (χ3v) is 4.72. The van der Waals surface area contributed by atoms with Gasteiger partial charge in [0.2, 0.25) is 0 Å². The quantitative estimate of drug-likeness (QED) is 0.558. The second-order valence-electron chi connectivity index (χ2n) is 6.24. The molecular weight excluding hydrogens is 362 g/mol. The van der Waals surface area contributed by atoms with Gasteiger partial charge < -0.3 is 4.74 Å². The summed E-state index contributed by atoms with van der Waals surface area (Å²) in [5.41, 5.74) is 3.54. The summed E-state index contributed by atoms with van der Waals surface area (Å²) in [6.45, 7) is 5.69. The number of hydrogen-bond donors (Lipinski definition) is 0. The largest absolute Gasteiger partial charge is 0.462 e. The highest BCUT2D eigenvalue weighted by Gasteiger charge is 2.38. The normalized spacial score (nSPS) is 15.6. The van der Waals surface area contributed by atoms with Gasteiger partial charge in [0.25, 0.3) is 5.91 Å². The molecule has 27 heavy (non-hydrogen) atoms. The lowest BCUT2D eigenvalue weighted by Gasteiger charge is -2.18. The van der Waals surface area contributed by atoms with Crippen LogP contribution in [0.5, 0.6) is 0 Å². The predicted octanol–water partition coefficient (Wildman–Crippen LogP) is 4.92. The van der Waals surface area contributed by atoms with Gasteiger partial charge in [-0.15, -0.1) is 0 Å². The number of nitrogens with zero attached hydrogens (tertiary/aromatic N) is 1. The number of esters is 1. The first-order valence-electron chi connectivity index (χ1n) is 8.69. The van der Waals surface area contributed by atoms with Crippen molar-refractivity contribution >= 4 is 35.2 Å². The van der Waals surface area contributed by atoms with Crippen LogP contribution in [-0.4, -0.2) is 18.5 Å². The molecule has 1 amide bonds. The van der Waals surface area contributed by atoms with Gasteiger partial charge >= 0.3 is 5.97 Å². The van der Waals surface area contributed by atoms with E-state index >= 15 is 0 Å². The fraction of sp³-hybridized carbons (Fsp3) is 0.182. The number of halogens is 1. The summed E-state index contributed by atoms with van der Waals surface area (Å²) in [7, 11) is 0. The molecule has 0 fully saturated rings. The summed E-state index contributed by atoms with van der Waals surface area (Å²) in [4.78, 5) is 27.3. The van der Waals surface area contributed by atoms with E-state index in [0.29, 0.717) is 22.0 Å². The summed E-state index contributed by atoms with van der Waals surface area (Å²) in [5, 5.41) is 0.507. The molecule has 1 heterocycles. The number of amides is 1. The molecule has 0 atom stereocenters. The zero-order chi connectivity index (χ0) is 19.6. The Morgan fingerprint density at radius 2 is 1.78 bits per heavy atom. The molecule has 2 aromatic rings. The summed E-state index contributed by atoms with van der Waals surface area (Å²) in [6.07, 6.45) is 1.65. The van der Waals surface area contributed by atoms with E-state index in [4.69, 9.17) is 16.3 Å². The SMILES string of the molecule is CCOC(=O)C1=C(C)N(c2ccc(C)cc2)C(=O)/C1=C\c1ccccc1Cl. The molecule has 0 saturated carbocycles. The Kier molecular flexibility index (Phi) is 5.47. The zero-order valence-corrected chi connectivity index (χ0v) is 16.2. The number of rotatable bonds is 4. The standard InChI is InChI=1S/C22H20ClNO3/c1-4-27-22(26)20-15(3)24(17-11-9-14(2)10-12-17)21(25)18(20)13-16-7-5-6-8-19(16)23/h5-13H,4H2,1-3H3/b18-13-. The Hall–Kier alpha value is -2.85. The monoisotopic (exact) mass is 381 g/mol. The number of benzene rings is 2. The number of carbonyl (C=O) groups is 2. The van der Waals surface area contributed by atoms with Crippen LogP contribution in [0.4, 0.5) is 5.69 Å². The number of allylic oxidation sites excluding steroid dienone is 1. The van der Waals surface area contributed by atoms with Gasteiger partial charge in [0.1, 0.15) is 0 Å². The lowest BCUT2D eigenvalue weighted by molar-refractivity contribution is -0.138. The van der Waals surface area contributed by atoms with Gasteiger partial charge in [-0.1, -0.05) is 47.5 Å². The predicted molar refractivity (Wildman–Crippen MR) is 107 cm³/mol. The minimum absolute atomic E-state index is 0.230. The van der Waals surface area contributed by atoms with Crippen molar-refractivity contribution in [3.05, 3.63) is 81.5 Å². The molecule has 1 aliphatic rings. The van der Waals surface area contributed by atoms with E-state index in [1.165, 1.54) is 4.90 Å². The molecule has 0 unspecified atom stereocenters. The maximum Gasteiger partial charge on any atom is 0.340 e. The van der Waals surface area contributed by atoms with Crippen molar-refractivity contribution in [3.63, 3.8) is 0 Å². The van der Waals surface area contributed by atoms with Gasteiger partial charge in [-0.25, -0.2) is 4.79 Å². The van der Waals surface area contributed by atoms with Crippen molar-refractivity contribution in [1.29, 1.82) is 0 Å². The van der Waals surface area contributed by atoms with Gasteiger partial charge in [0.15, 0.2) is 0 Å². The van der Waals surface area contributed by atoms with E-state index in [9.17, 15) is 9.59 Å². The summed E-state index contributed by atoms with van der Waals surface area (Å²) in [5.74, 6) is -0.796. The number of anilines is 1. The Bertz CT molecular complexity index is 958. The Morgan fingerprint density at radius 1 is 1.11 bits per heavy atom. The van der Waals surface area contributed by atoms with Crippen molar-refractivity contribution in [2.75, 3.05) is 11.5 Å². The van der Waals surface area contributed by atoms with Crippen LogP contribution in [0, 0.1) is 6.92 Å². The third-order valence-electron chi connectivity index (χ3n) is 4.38. The number of ether oxygens (including phenoxy) is 1. The van der Waals surface area contributed by atoms with Crippen LogP contribution in [0.15, 0.2) is 65.4 Å². The highest BCUT2D eigenvalue weighted by molar-refractivity contribution is 6.32. The van der Waals surface area contributed by atoms with E-state index in [2.05, 4.69) is 0 Å². The summed E-state index contributed by atoms with van der Waals surface area (Å²) in [6, 6.07) is 14.8. The van der Waals surface area contributed by atoms with Gasteiger partial charge in [0.05, 0.1) is 17.8 Å². The first-order valence-corrected chi connectivity index (χ1v) is 9.07. The number of carbonyl (C=O) groups excluding carboxylic acids is 2. The van der Waals surface area contributed by atoms with Crippen molar-refractivity contribution in [3.8, 4) is 0 Å². The van der Waals surface area contributed by atoms with Crippen LogP contribution in [0.25, 0.3) is 6.08 Å². The van der Waals surface area contributed by atoms with Gasteiger partial charge in [-0.05, 0) is 50.6 Å². The number of aryl methyl sites for hydroxylation is 1.